The van der Waals surface area contributed by atoms with Crippen molar-refractivity contribution in [3.05, 3.63) is 34.4 Å². The van der Waals surface area contributed by atoms with E-state index >= 15 is 0 Å². The number of hydrogen-bond donors (Lipinski definition) is 2. The van der Waals surface area contributed by atoms with Gasteiger partial charge in [0.2, 0.25) is 0 Å². The molecule has 84 valence electrons. The molecular weight excluding hydrogens is 188 g/mol. The standard InChI is InChI=1S/C13H20O2/c1-9-7-10(2)13(11(3)8-9)12(15)5-4-6-14/h7-8,12,14-15H,4-6H2,1-3H3. The largest absolute Gasteiger partial charge is 0.396 e. The van der Waals surface area contributed by atoms with Gasteiger partial charge >= 0.3 is 0 Å². The van der Waals surface area contributed by atoms with Crippen molar-refractivity contribution in [1.82, 2.24) is 0 Å². The van der Waals surface area contributed by atoms with E-state index in [1.807, 2.05) is 13.8 Å². The summed E-state index contributed by atoms with van der Waals surface area (Å²) in [5.41, 5.74) is 4.52. The number of aryl methyl sites for hydroxylation is 3. The fourth-order valence-corrected chi connectivity index (χ4v) is 2.15. The van der Waals surface area contributed by atoms with Gasteiger partial charge in [-0.3, -0.25) is 0 Å². The first-order valence-corrected chi connectivity index (χ1v) is 5.43. The zero-order valence-electron chi connectivity index (χ0n) is 9.75. The van der Waals surface area contributed by atoms with Crippen molar-refractivity contribution in [2.45, 2.75) is 39.7 Å². The van der Waals surface area contributed by atoms with E-state index < -0.39 is 6.10 Å². The Balaban J connectivity index is 2.92. The fourth-order valence-electron chi connectivity index (χ4n) is 2.15. The molecular formula is C13H20O2. The highest BCUT2D eigenvalue weighted by molar-refractivity contribution is 5.38. The quantitative estimate of drug-likeness (QED) is 0.797. The van der Waals surface area contributed by atoms with Crippen LogP contribution in [0.4, 0.5) is 0 Å². The van der Waals surface area contributed by atoms with Crippen LogP contribution in [0, 0.1) is 20.8 Å². The lowest BCUT2D eigenvalue weighted by Gasteiger charge is -2.17. The van der Waals surface area contributed by atoms with Crippen LogP contribution in [0.15, 0.2) is 12.1 Å². The Kier molecular flexibility index (Phi) is 4.30. The van der Waals surface area contributed by atoms with Gasteiger partial charge in [0.25, 0.3) is 0 Å². The molecule has 0 fully saturated rings. The minimum atomic E-state index is -0.447. The van der Waals surface area contributed by atoms with Crippen LogP contribution in [-0.2, 0) is 0 Å². The maximum Gasteiger partial charge on any atom is 0.0796 e. The highest BCUT2D eigenvalue weighted by Crippen LogP contribution is 2.26. The van der Waals surface area contributed by atoms with Crippen LogP contribution in [0.5, 0.6) is 0 Å². The Hall–Kier alpha value is -0.860. The van der Waals surface area contributed by atoms with Crippen LogP contribution in [0.25, 0.3) is 0 Å². The number of hydrogen-bond acceptors (Lipinski definition) is 2. The van der Waals surface area contributed by atoms with Crippen LogP contribution in [-0.4, -0.2) is 16.8 Å². The first-order valence-electron chi connectivity index (χ1n) is 5.43. The Morgan fingerprint density at radius 2 is 1.67 bits per heavy atom. The molecule has 1 rings (SSSR count). The average molecular weight is 208 g/mol. The Morgan fingerprint density at radius 1 is 1.13 bits per heavy atom. The van der Waals surface area contributed by atoms with Gasteiger partial charge in [-0.15, -0.1) is 0 Å². The van der Waals surface area contributed by atoms with Crippen LogP contribution in [0.3, 0.4) is 0 Å². The third-order valence-electron chi connectivity index (χ3n) is 2.71. The summed E-state index contributed by atoms with van der Waals surface area (Å²) in [5, 5.41) is 18.7. The van der Waals surface area contributed by atoms with Gasteiger partial charge in [0.1, 0.15) is 0 Å². The van der Waals surface area contributed by atoms with E-state index in [2.05, 4.69) is 19.1 Å². The minimum Gasteiger partial charge on any atom is -0.396 e. The second-order valence-electron chi connectivity index (χ2n) is 4.19. The normalized spacial score (nSPS) is 12.9. The molecule has 0 heterocycles. The van der Waals surface area contributed by atoms with Gasteiger partial charge in [-0.25, -0.2) is 0 Å². The van der Waals surface area contributed by atoms with Gasteiger partial charge in [0.15, 0.2) is 0 Å². The highest BCUT2D eigenvalue weighted by atomic mass is 16.3. The highest BCUT2D eigenvalue weighted by Gasteiger charge is 2.12. The molecule has 0 saturated heterocycles. The van der Waals surface area contributed by atoms with Crippen molar-refractivity contribution in [1.29, 1.82) is 0 Å². The number of rotatable bonds is 4. The molecule has 0 aromatic heterocycles. The molecule has 1 unspecified atom stereocenters. The molecule has 1 aromatic rings. The molecule has 1 aromatic carbocycles. The molecule has 2 nitrogen and oxygen atoms in total. The molecule has 2 heteroatoms. The Bertz CT molecular complexity index is 308. The molecule has 0 aliphatic heterocycles. The van der Waals surface area contributed by atoms with Crippen molar-refractivity contribution in [2.75, 3.05) is 6.61 Å². The van der Waals surface area contributed by atoms with E-state index in [-0.39, 0.29) is 6.61 Å². The zero-order valence-corrected chi connectivity index (χ0v) is 9.75. The smallest absolute Gasteiger partial charge is 0.0796 e. The number of benzene rings is 1. The molecule has 0 saturated carbocycles. The Morgan fingerprint density at radius 3 is 2.13 bits per heavy atom. The summed E-state index contributed by atoms with van der Waals surface area (Å²) in [6.45, 7) is 6.25. The average Bonchev–Trinajstić information content (AvgIpc) is 2.12. The maximum absolute atomic E-state index is 9.99. The lowest BCUT2D eigenvalue weighted by Crippen LogP contribution is -2.04. The number of aliphatic hydroxyl groups excluding tert-OH is 2. The monoisotopic (exact) mass is 208 g/mol. The molecule has 0 spiro atoms. The van der Waals surface area contributed by atoms with Gasteiger partial charge in [0, 0.05) is 6.61 Å². The van der Waals surface area contributed by atoms with Gasteiger partial charge in [-0.1, -0.05) is 17.7 Å². The van der Waals surface area contributed by atoms with Gasteiger partial charge in [-0.2, -0.15) is 0 Å². The zero-order chi connectivity index (χ0) is 11.4. The summed E-state index contributed by atoms with van der Waals surface area (Å²) in [7, 11) is 0. The molecule has 0 bridgehead atoms. The SMILES string of the molecule is Cc1cc(C)c(C(O)CCCO)c(C)c1. The van der Waals surface area contributed by atoms with Gasteiger partial charge in [0.05, 0.1) is 6.10 Å². The predicted molar refractivity (Wildman–Crippen MR) is 61.9 cm³/mol. The van der Waals surface area contributed by atoms with Crippen LogP contribution < -0.4 is 0 Å². The third-order valence-corrected chi connectivity index (χ3v) is 2.71. The first kappa shape index (κ1) is 12.2. The molecule has 2 N–H and O–H groups in total. The lowest BCUT2D eigenvalue weighted by atomic mass is 9.93. The van der Waals surface area contributed by atoms with E-state index in [0.717, 1.165) is 16.7 Å². The van der Waals surface area contributed by atoms with E-state index in [1.54, 1.807) is 0 Å². The van der Waals surface area contributed by atoms with E-state index in [0.29, 0.717) is 12.8 Å². The molecule has 0 aliphatic rings. The second-order valence-corrected chi connectivity index (χ2v) is 4.19. The summed E-state index contributed by atoms with van der Waals surface area (Å²) in [4.78, 5) is 0. The molecule has 1 atom stereocenters. The first-order chi connectivity index (χ1) is 7.06. The number of aliphatic hydroxyl groups is 2. The van der Waals surface area contributed by atoms with Crippen LogP contribution >= 0.6 is 0 Å². The van der Waals surface area contributed by atoms with Crippen molar-refractivity contribution in [2.24, 2.45) is 0 Å². The predicted octanol–water partition coefficient (Wildman–Crippen LogP) is 2.42. The van der Waals surface area contributed by atoms with Gasteiger partial charge < -0.3 is 10.2 Å². The summed E-state index contributed by atoms with van der Waals surface area (Å²) >= 11 is 0. The molecule has 15 heavy (non-hydrogen) atoms. The molecule has 0 aliphatic carbocycles. The Labute approximate surface area is 91.6 Å². The summed E-state index contributed by atoms with van der Waals surface area (Å²) in [6.07, 6.45) is 0.826. The van der Waals surface area contributed by atoms with Gasteiger partial charge in [-0.05, 0) is 50.3 Å². The van der Waals surface area contributed by atoms with E-state index in [4.69, 9.17) is 5.11 Å². The molecule has 0 radical (unpaired) electrons. The van der Waals surface area contributed by atoms with E-state index in [1.165, 1.54) is 5.56 Å². The van der Waals surface area contributed by atoms with E-state index in [9.17, 15) is 5.11 Å². The molecule has 0 amide bonds. The third kappa shape index (κ3) is 3.05. The lowest BCUT2D eigenvalue weighted by molar-refractivity contribution is 0.150. The summed E-state index contributed by atoms with van der Waals surface area (Å²) < 4.78 is 0. The van der Waals surface area contributed by atoms with Crippen molar-refractivity contribution in [3.8, 4) is 0 Å². The van der Waals surface area contributed by atoms with Crippen molar-refractivity contribution >= 4 is 0 Å². The van der Waals surface area contributed by atoms with Crippen molar-refractivity contribution in [3.63, 3.8) is 0 Å². The summed E-state index contributed by atoms with van der Waals surface area (Å²) in [6, 6.07) is 4.18. The summed E-state index contributed by atoms with van der Waals surface area (Å²) in [5.74, 6) is 0. The van der Waals surface area contributed by atoms with Crippen LogP contribution in [0.1, 0.15) is 41.2 Å². The fraction of sp³-hybridized carbons (Fsp3) is 0.538. The maximum atomic E-state index is 9.99. The second kappa shape index (κ2) is 5.29. The topological polar surface area (TPSA) is 40.5 Å². The minimum absolute atomic E-state index is 0.140. The van der Waals surface area contributed by atoms with Crippen molar-refractivity contribution < 1.29 is 10.2 Å². The van der Waals surface area contributed by atoms with Crippen LogP contribution in [0.2, 0.25) is 0 Å².